The minimum atomic E-state index is 0.679. The molecule has 0 aliphatic carbocycles. The van der Waals surface area contributed by atoms with Crippen molar-refractivity contribution in [3.63, 3.8) is 0 Å². The molecule has 1 aromatic rings. The van der Waals surface area contributed by atoms with Crippen LogP contribution in [0.4, 0.5) is 0 Å². The molecule has 0 spiro atoms. The third-order valence-electron chi connectivity index (χ3n) is 2.11. The molecule has 0 saturated heterocycles. The van der Waals surface area contributed by atoms with Crippen LogP contribution in [-0.4, -0.2) is 6.61 Å². The number of hydrogen-bond acceptors (Lipinski definition) is 2. The zero-order valence-corrected chi connectivity index (χ0v) is 11.2. The number of halogens is 1. The van der Waals surface area contributed by atoms with Gasteiger partial charge in [-0.1, -0.05) is 20.3 Å². The predicted octanol–water partition coefficient (Wildman–Crippen LogP) is 4.46. The Kier molecular flexibility index (Phi) is 5.75. The Morgan fingerprint density at radius 1 is 1.57 bits per heavy atom. The molecule has 0 aliphatic heterocycles. The van der Waals surface area contributed by atoms with Crippen LogP contribution >= 0.6 is 27.3 Å². The predicted molar refractivity (Wildman–Crippen MR) is 65.7 cm³/mol. The molecule has 1 atom stereocenters. The van der Waals surface area contributed by atoms with Crippen LogP contribution in [0.5, 0.6) is 0 Å². The van der Waals surface area contributed by atoms with Crippen molar-refractivity contribution in [3.05, 3.63) is 20.8 Å². The average Bonchev–Trinajstić information content (AvgIpc) is 2.52. The second-order valence-electron chi connectivity index (χ2n) is 3.60. The van der Waals surface area contributed by atoms with E-state index in [1.807, 2.05) is 0 Å². The summed E-state index contributed by atoms with van der Waals surface area (Å²) in [5.41, 5.74) is 0. The molecular formula is C11H17BrOS. The van der Waals surface area contributed by atoms with Gasteiger partial charge in [0.1, 0.15) is 0 Å². The van der Waals surface area contributed by atoms with Gasteiger partial charge in [0, 0.05) is 16.0 Å². The van der Waals surface area contributed by atoms with Crippen molar-refractivity contribution in [2.24, 2.45) is 5.92 Å². The van der Waals surface area contributed by atoms with Gasteiger partial charge < -0.3 is 4.74 Å². The van der Waals surface area contributed by atoms with Crippen LogP contribution in [0.15, 0.2) is 15.9 Å². The summed E-state index contributed by atoms with van der Waals surface area (Å²) in [7, 11) is 0. The third-order valence-corrected chi connectivity index (χ3v) is 4.01. The van der Waals surface area contributed by atoms with E-state index in [4.69, 9.17) is 4.74 Å². The summed E-state index contributed by atoms with van der Waals surface area (Å²) in [5.74, 6) is 0.679. The lowest BCUT2D eigenvalue weighted by atomic mass is 10.1. The van der Waals surface area contributed by atoms with Gasteiger partial charge in [-0.05, 0) is 39.7 Å². The zero-order valence-electron chi connectivity index (χ0n) is 8.75. The van der Waals surface area contributed by atoms with E-state index in [9.17, 15) is 0 Å². The number of thiophene rings is 1. The number of hydrogen-bond donors (Lipinski definition) is 0. The van der Waals surface area contributed by atoms with E-state index in [-0.39, 0.29) is 0 Å². The molecule has 0 saturated carbocycles. The van der Waals surface area contributed by atoms with E-state index in [1.54, 1.807) is 11.3 Å². The lowest BCUT2D eigenvalue weighted by Crippen LogP contribution is -2.05. The second-order valence-corrected chi connectivity index (χ2v) is 5.46. The van der Waals surface area contributed by atoms with Crippen molar-refractivity contribution in [3.8, 4) is 0 Å². The Balaban J connectivity index is 2.19. The molecular weight excluding hydrogens is 260 g/mol. The Bertz CT molecular complexity index is 260. The fraction of sp³-hybridized carbons (Fsp3) is 0.636. The Morgan fingerprint density at radius 2 is 2.36 bits per heavy atom. The summed E-state index contributed by atoms with van der Waals surface area (Å²) in [6.07, 6.45) is 2.50. The van der Waals surface area contributed by atoms with Crippen molar-refractivity contribution in [1.82, 2.24) is 0 Å². The van der Waals surface area contributed by atoms with E-state index < -0.39 is 0 Å². The Morgan fingerprint density at radius 3 is 2.93 bits per heavy atom. The molecule has 1 unspecified atom stereocenters. The first-order valence-corrected chi connectivity index (χ1v) is 6.71. The summed E-state index contributed by atoms with van der Waals surface area (Å²) in [5, 5.41) is 2.08. The summed E-state index contributed by atoms with van der Waals surface area (Å²) in [6, 6.07) is 2.07. The standard InChI is InChI=1S/C11H17BrOS/c1-3-4-9(2)7-13-8-11-10(12)5-6-14-11/h5-6,9H,3-4,7-8H2,1-2H3. The molecule has 0 aliphatic rings. The number of rotatable bonds is 6. The van der Waals surface area contributed by atoms with Crippen LogP contribution in [0.2, 0.25) is 0 Å². The first kappa shape index (κ1) is 12.2. The molecule has 0 aromatic carbocycles. The van der Waals surface area contributed by atoms with Crippen LogP contribution < -0.4 is 0 Å². The lowest BCUT2D eigenvalue weighted by Gasteiger charge is -2.09. The second kappa shape index (κ2) is 6.59. The fourth-order valence-electron chi connectivity index (χ4n) is 1.36. The van der Waals surface area contributed by atoms with E-state index in [0.717, 1.165) is 13.2 Å². The van der Waals surface area contributed by atoms with E-state index in [1.165, 1.54) is 22.2 Å². The van der Waals surface area contributed by atoms with Gasteiger partial charge in [-0.15, -0.1) is 11.3 Å². The first-order chi connectivity index (χ1) is 6.74. The van der Waals surface area contributed by atoms with Gasteiger partial charge in [0.15, 0.2) is 0 Å². The van der Waals surface area contributed by atoms with Gasteiger partial charge in [-0.25, -0.2) is 0 Å². The Labute approximate surface area is 98.6 Å². The largest absolute Gasteiger partial charge is 0.376 e. The maximum Gasteiger partial charge on any atom is 0.0820 e. The third kappa shape index (κ3) is 4.11. The summed E-state index contributed by atoms with van der Waals surface area (Å²) < 4.78 is 6.83. The molecule has 14 heavy (non-hydrogen) atoms. The fourth-order valence-corrected chi connectivity index (χ4v) is 2.76. The SMILES string of the molecule is CCCC(C)COCc1sccc1Br. The molecule has 0 fully saturated rings. The maximum atomic E-state index is 5.65. The molecule has 0 radical (unpaired) electrons. The molecule has 3 heteroatoms. The van der Waals surface area contributed by atoms with Crippen LogP contribution in [0, 0.1) is 5.92 Å². The highest BCUT2D eigenvalue weighted by molar-refractivity contribution is 9.10. The molecule has 0 amide bonds. The van der Waals surface area contributed by atoms with Crippen molar-refractivity contribution in [2.75, 3.05) is 6.61 Å². The summed E-state index contributed by atoms with van der Waals surface area (Å²) in [4.78, 5) is 1.29. The van der Waals surface area contributed by atoms with Crippen LogP contribution in [0.3, 0.4) is 0 Å². The van der Waals surface area contributed by atoms with Crippen LogP contribution in [0.25, 0.3) is 0 Å². The molecule has 80 valence electrons. The van der Waals surface area contributed by atoms with Crippen LogP contribution in [0.1, 0.15) is 31.6 Å². The molecule has 0 bridgehead atoms. The van der Waals surface area contributed by atoms with Gasteiger partial charge in [0.25, 0.3) is 0 Å². The van der Waals surface area contributed by atoms with Crippen molar-refractivity contribution >= 4 is 27.3 Å². The smallest absolute Gasteiger partial charge is 0.0820 e. The highest BCUT2D eigenvalue weighted by Gasteiger charge is 2.03. The quantitative estimate of drug-likeness (QED) is 0.745. The van der Waals surface area contributed by atoms with Gasteiger partial charge in [0.05, 0.1) is 6.61 Å². The zero-order chi connectivity index (χ0) is 10.4. The topological polar surface area (TPSA) is 9.23 Å². The summed E-state index contributed by atoms with van der Waals surface area (Å²) in [6.45, 7) is 6.07. The number of ether oxygens (including phenoxy) is 1. The molecule has 1 nitrogen and oxygen atoms in total. The van der Waals surface area contributed by atoms with Crippen molar-refractivity contribution < 1.29 is 4.74 Å². The first-order valence-electron chi connectivity index (χ1n) is 5.03. The van der Waals surface area contributed by atoms with E-state index >= 15 is 0 Å². The molecule has 1 heterocycles. The molecule has 1 aromatic heterocycles. The van der Waals surface area contributed by atoms with Gasteiger partial charge in [-0.3, -0.25) is 0 Å². The summed E-state index contributed by atoms with van der Waals surface area (Å²) >= 11 is 5.24. The Hall–Kier alpha value is 0.140. The maximum absolute atomic E-state index is 5.65. The van der Waals surface area contributed by atoms with Crippen molar-refractivity contribution in [2.45, 2.75) is 33.3 Å². The van der Waals surface area contributed by atoms with Gasteiger partial charge in [0.2, 0.25) is 0 Å². The monoisotopic (exact) mass is 276 g/mol. The minimum absolute atomic E-state index is 0.679. The lowest BCUT2D eigenvalue weighted by molar-refractivity contribution is 0.0908. The molecule has 0 N–H and O–H groups in total. The minimum Gasteiger partial charge on any atom is -0.376 e. The van der Waals surface area contributed by atoms with Gasteiger partial charge >= 0.3 is 0 Å². The highest BCUT2D eigenvalue weighted by atomic mass is 79.9. The van der Waals surface area contributed by atoms with E-state index in [2.05, 4.69) is 41.2 Å². The van der Waals surface area contributed by atoms with E-state index in [0.29, 0.717) is 5.92 Å². The van der Waals surface area contributed by atoms with Crippen molar-refractivity contribution in [1.29, 1.82) is 0 Å². The highest BCUT2D eigenvalue weighted by Crippen LogP contribution is 2.23. The van der Waals surface area contributed by atoms with Gasteiger partial charge in [-0.2, -0.15) is 0 Å². The molecule has 1 rings (SSSR count). The van der Waals surface area contributed by atoms with Crippen LogP contribution in [-0.2, 0) is 11.3 Å². The average molecular weight is 277 g/mol. The normalized spacial score (nSPS) is 13.1.